The van der Waals surface area contributed by atoms with E-state index in [-0.39, 0.29) is 18.1 Å². The van der Waals surface area contributed by atoms with Gasteiger partial charge in [0.1, 0.15) is 17.9 Å². The third-order valence-corrected chi connectivity index (χ3v) is 4.77. The molecule has 4 rings (SSSR count). The zero-order valence-corrected chi connectivity index (χ0v) is 13.1. The summed E-state index contributed by atoms with van der Waals surface area (Å²) in [5, 5.41) is 0. The van der Waals surface area contributed by atoms with Crippen LogP contribution in [-0.2, 0) is 9.53 Å². The molecule has 0 saturated carbocycles. The number of carbonyl (C=O) groups is 1. The molecule has 0 spiro atoms. The van der Waals surface area contributed by atoms with Crippen LogP contribution in [0.1, 0.15) is 19.3 Å². The molecule has 2 aliphatic rings. The van der Waals surface area contributed by atoms with Gasteiger partial charge in [-0.05, 0) is 12.8 Å². The van der Waals surface area contributed by atoms with Crippen molar-refractivity contribution in [1.82, 2.24) is 24.8 Å². The Bertz CT molecular complexity index is 711. The van der Waals surface area contributed by atoms with Crippen LogP contribution in [0, 0.1) is 0 Å². The smallest absolute Gasteiger partial charge is 0.245 e. The first-order valence-corrected chi connectivity index (χ1v) is 8.00. The maximum atomic E-state index is 12.9. The minimum atomic E-state index is -0.237. The molecule has 0 aliphatic carbocycles. The van der Waals surface area contributed by atoms with Gasteiger partial charge in [-0.1, -0.05) is 0 Å². The van der Waals surface area contributed by atoms with Gasteiger partial charge < -0.3 is 19.5 Å². The average molecular weight is 316 g/mol. The maximum Gasteiger partial charge on any atom is 0.245 e. The Kier molecular flexibility index (Phi) is 3.60. The van der Waals surface area contributed by atoms with Crippen LogP contribution in [0.25, 0.3) is 11.2 Å². The molecule has 0 radical (unpaired) electrons. The van der Waals surface area contributed by atoms with Gasteiger partial charge in [0, 0.05) is 33.2 Å². The second-order valence-electron chi connectivity index (χ2n) is 6.09. The Morgan fingerprint density at radius 2 is 2.13 bits per heavy atom. The van der Waals surface area contributed by atoms with Crippen molar-refractivity contribution in [2.75, 3.05) is 31.6 Å². The van der Waals surface area contributed by atoms with Crippen molar-refractivity contribution >= 4 is 22.9 Å². The van der Waals surface area contributed by atoms with Crippen molar-refractivity contribution in [2.24, 2.45) is 0 Å². The Morgan fingerprint density at radius 3 is 2.91 bits per heavy atom. The highest BCUT2D eigenvalue weighted by atomic mass is 16.5. The zero-order chi connectivity index (χ0) is 15.8. The van der Waals surface area contributed by atoms with E-state index in [2.05, 4.69) is 19.9 Å². The fraction of sp³-hybridized carbons (Fsp3) is 0.600. The normalized spacial score (nSPS) is 24.7. The van der Waals surface area contributed by atoms with Crippen LogP contribution in [0.15, 0.2) is 12.7 Å². The van der Waals surface area contributed by atoms with E-state index in [1.807, 2.05) is 9.80 Å². The number of rotatable bonds is 3. The summed E-state index contributed by atoms with van der Waals surface area (Å²) in [6.07, 6.45) is 5.99. The molecule has 1 amide bonds. The first-order chi connectivity index (χ1) is 11.3. The van der Waals surface area contributed by atoms with Crippen LogP contribution in [0.3, 0.4) is 0 Å². The van der Waals surface area contributed by atoms with E-state index >= 15 is 0 Å². The minimum absolute atomic E-state index is 0.0273. The molecule has 23 heavy (non-hydrogen) atoms. The SMILES string of the molecule is CO[C@H]1C[C@@H](C(=O)N2CCCC2)N(c2ncnc3nc[nH]c23)C1. The second kappa shape index (κ2) is 5.77. The number of likely N-dealkylation sites (tertiary alicyclic amines) is 1. The number of hydrogen-bond acceptors (Lipinski definition) is 6. The molecule has 0 unspecified atom stereocenters. The standard InChI is InChI=1S/C15H20N6O2/c1-23-10-6-11(15(22)20-4-2-3-5-20)21(7-10)14-12-13(17-8-16-12)18-9-19-14/h8-11H,2-7H2,1H3,(H,16,17,18,19)/t10-,11-/m0/s1. The van der Waals surface area contributed by atoms with E-state index in [9.17, 15) is 4.79 Å². The number of methoxy groups -OCH3 is 1. The molecule has 2 aromatic heterocycles. The maximum absolute atomic E-state index is 12.9. The predicted octanol–water partition coefficient (Wildman–Crippen LogP) is 0.569. The first-order valence-electron chi connectivity index (χ1n) is 8.00. The number of hydrogen-bond donors (Lipinski definition) is 1. The molecule has 122 valence electrons. The summed E-state index contributed by atoms with van der Waals surface area (Å²) in [6, 6.07) is -0.237. The van der Waals surface area contributed by atoms with Crippen LogP contribution in [0.2, 0.25) is 0 Å². The predicted molar refractivity (Wildman–Crippen MR) is 84.0 cm³/mol. The zero-order valence-electron chi connectivity index (χ0n) is 13.1. The van der Waals surface area contributed by atoms with Gasteiger partial charge in [0.05, 0.1) is 12.4 Å². The van der Waals surface area contributed by atoms with E-state index in [1.54, 1.807) is 13.4 Å². The highest BCUT2D eigenvalue weighted by Crippen LogP contribution is 2.30. The van der Waals surface area contributed by atoms with Gasteiger partial charge in [-0.2, -0.15) is 0 Å². The minimum Gasteiger partial charge on any atom is -0.380 e. The van der Waals surface area contributed by atoms with Crippen molar-refractivity contribution in [3.05, 3.63) is 12.7 Å². The molecule has 4 heterocycles. The molecule has 2 atom stereocenters. The van der Waals surface area contributed by atoms with Gasteiger partial charge in [0.15, 0.2) is 11.5 Å². The van der Waals surface area contributed by atoms with Crippen molar-refractivity contribution < 1.29 is 9.53 Å². The summed E-state index contributed by atoms with van der Waals surface area (Å²) >= 11 is 0. The quantitative estimate of drug-likeness (QED) is 0.891. The molecule has 2 saturated heterocycles. The van der Waals surface area contributed by atoms with Crippen LogP contribution in [-0.4, -0.2) is 69.6 Å². The van der Waals surface area contributed by atoms with Gasteiger partial charge in [-0.15, -0.1) is 0 Å². The number of ether oxygens (including phenoxy) is 1. The number of nitrogens with zero attached hydrogens (tertiary/aromatic N) is 5. The number of aromatic nitrogens is 4. The fourth-order valence-electron chi connectivity index (χ4n) is 3.55. The highest BCUT2D eigenvalue weighted by Gasteiger charge is 2.41. The summed E-state index contributed by atoms with van der Waals surface area (Å²) in [5.41, 5.74) is 1.38. The lowest BCUT2D eigenvalue weighted by Crippen LogP contribution is -2.45. The molecule has 8 nitrogen and oxygen atoms in total. The number of nitrogens with one attached hydrogen (secondary N) is 1. The highest BCUT2D eigenvalue weighted by molar-refractivity contribution is 5.90. The lowest BCUT2D eigenvalue weighted by molar-refractivity contribution is -0.131. The summed E-state index contributed by atoms with van der Waals surface area (Å²) in [5.74, 6) is 0.901. The lowest BCUT2D eigenvalue weighted by atomic mass is 10.1. The Hall–Kier alpha value is -2.22. The van der Waals surface area contributed by atoms with Gasteiger partial charge in [-0.3, -0.25) is 4.79 Å². The summed E-state index contributed by atoms with van der Waals surface area (Å²) in [6.45, 7) is 2.35. The van der Waals surface area contributed by atoms with Crippen LogP contribution in [0.5, 0.6) is 0 Å². The summed E-state index contributed by atoms with van der Waals surface area (Å²) in [4.78, 5) is 32.7. The van der Waals surface area contributed by atoms with Gasteiger partial charge in [-0.25, -0.2) is 15.0 Å². The number of aromatic amines is 1. The fourth-order valence-corrected chi connectivity index (χ4v) is 3.55. The number of fused-ring (bicyclic) bond motifs is 1. The van der Waals surface area contributed by atoms with E-state index in [4.69, 9.17) is 4.74 Å². The van der Waals surface area contributed by atoms with Gasteiger partial charge in [0.2, 0.25) is 5.91 Å². The molecule has 0 bridgehead atoms. The summed E-state index contributed by atoms with van der Waals surface area (Å²) in [7, 11) is 1.69. The van der Waals surface area contributed by atoms with E-state index in [1.165, 1.54) is 6.33 Å². The number of carbonyl (C=O) groups excluding carboxylic acids is 1. The van der Waals surface area contributed by atoms with Crippen LogP contribution < -0.4 is 4.90 Å². The van der Waals surface area contributed by atoms with Gasteiger partial charge in [0.25, 0.3) is 0 Å². The van der Waals surface area contributed by atoms with E-state index in [0.29, 0.717) is 18.6 Å². The van der Waals surface area contributed by atoms with E-state index < -0.39 is 0 Å². The monoisotopic (exact) mass is 316 g/mol. The first kappa shape index (κ1) is 14.4. The third kappa shape index (κ3) is 2.42. The van der Waals surface area contributed by atoms with Gasteiger partial charge >= 0.3 is 0 Å². The molecule has 1 N–H and O–H groups in total. The molecule has 2 fully saturated rings. The molecule has 2 aromatic rings. The molecule has 8 heteroatoms. The lowest BCUT2D eigenvalue weighted by Gasteiger charge is -2.28. The largest absolute Gasteiger partial charge is 0.380 e. The van der Waals surface area contributed by atoms with Crippen molar-refractivity contribution in [1.29, 1.82) is 0 Å². The molecular formula is C15H20N6O2. The van der Waals surface area contributed by atoms with Crippen molar-refractivity contribution in [3.63, 3.8) is 0 Å². The molecule has 0 aromatic carbocycles. The van der Waals surface area contributed by atoms with Crippen LogP contribution in [0.4, 0.5) is 5.82 Å². The number of imidazole rings is 1. The number of anilines is 1. The Labute approximate surface area is 133 Å². The topological polar surface area (TPSA) is 87.2 Å². The molecule has 2 aliphatic heterocycles. The number of H-pyrrole nitrogens is 1. The van der Waals surface area contributed by atoms with Crippen molar-refractivity contribution in [2.45, 2.75) is 31.4 Å². The molecular weight excluding hydrogens is 296 g/mol. The second-order valence-corrected chi connectivity index (χ2v) is 6.09. The van der Waals surface area contributed by atoms with Crippen molar-refractivity contribution in [3.8, 4) is 0 Å². The third-order valence-electron chi connectivity index (χ3n) is 4.77. The average Bonchev–Trinajstić information content (AvgIpc) is 3.32. The summed E-state index contributed by atoms with van der Waals surface area (Å²) < 4.78 is 5.52. The Morgan fingerprint density at radius 1 is 1.30 bits per heavy atom. The number of amides is 1. The Balaban J connectivity index is 1.69. The van der Waals surface area contributed by atoms with Crippen LogP contribution >= 0.6 is 0 Å². The van der Waals surface area contributed by atoms with E-state index in [0.717, 1.165) is 37.3 Å².